The molecule has 3 rings (SSSR count). The van der Waals surface area contributed by atoms with Crippen LogP contribution in [0.3, 0.4) is 0 Å². The summed E-state index contributed by atoms with van der Waals surface area (Å²) in [6.07, 6.45) is 0.309. The lowest BCUT2D eigenvalue weighted by Crippen LogP contribution is -2.46. The maximum absolute atomic E-state index is 12.7. The molecule has 1 saturated heterocycles. The molecule has 25 nitrogen and oxygen atoms in total. The van der Waals surface area contributed by atoms with Crippen molar-refractivity contribution in [3.05, 3.63) is 12.7 Å². The van der Waals surface area contributed by atoms with Gasteiger partial charge in [0.2, 0.25) is 11.8 Å². The summed E-state index contributed by atoms with van der Waals surface area (Å²) in [5, 5.41) is 36.5. The number of aromatic nitrogens is 4. The quantitative estimate of drug-likeness (QED) is 0.0408. The first-order valence-corrected chi connectivity index (χ1v) is 25.2. The van der Waals surface area contributed by atoms with E-state index in [4.69, 9.17) is 19.5 Å². The van der Waals surface area contributed by atoms with Crippen LogP contribution in [0.2, 0.25) is 0 Å². The Labute approximate surface area is 361 Å². The number of nitrogens with two attached hydrogens (primary N) is 1. The predicted molar refractivity (Wildman–Crippen MR) is 220 cm³/mol. The predicted octanol–water partition coefficient (Wildman–Crippen LogP) is 1.56. The summed E-state index contributed by atoms with van der Waals surface area (Å²) in [6, 6.07) is 0. The molecule has 0 bridgehead atoms. The van der Waals surface area contributed by atoms with Crippen LogP contribution in [0.5, 0.6) is 0 Å². The smallest absolute Gasteiger partial charge is 0.393 e. The largest absolute Gasteiger partial charge is 0.481 e. The van der Waals surface area contributed by atoms with Crippen LogP contribution >= 0.6 is 35.2 Å². The maximum atomic E-state index is 12.7. The molecule has 0 aliphatic carbocycles. The van der Waals surface area contributed by atoms with Crippen LogP contribution < -0.4 is 16.4 Å². The van der Waals surface area contributed by atoms with Gasteiger partial charge in [-0.2, -0.15) is 4.31 Å². The minimum atomic E-state index is -5.58. The van der Waals surface area contributed by atoms with Gasteiger partial charge in [-0.15, -0.1) is 0 Å². The Bertz CT molecular complexity index is 1920. The number of rotatable bonds is 29. The first-order valence-electron chi connectivity index (χ1n) is 19.7. The minimum absolute atomic E-state index is 0.0198. The Morgan fingerprint density at radius 2 is 1.63 bits per heavy atom. The van der Waals surface area contributed by atoms with E-state index in [1.54, 1.807) is 0 Å². The van der Waals surface area contributed by atoms with E-state index < -0.39 is 84.6 Å². The second-order valence-electron chi connectivity index (χ2n) is 15.0. The number of carbonyl (C=O) groups excluding carboxylic acids is 3. The third kappa shape index (κ3) is 18.2. The fourth-order valence-electron chi connectivity index (χ4n) is 5.97. The van der Waals surface area contributed by atoms with Gasteiger partial charge < -0.3 is 56.0 Å². The third-order valence-electron chi connectivity index (χ3n) is 9.32. The molecule has 2 aromatic rings. The maximum Gasteiger partial charge on any atom is 0.481 e. The van der Waals surface area contributed by atoms with Crippen LogP contribution in [0.1, 0.15) is 91.2 Å². The number of imidazole rings is 1. The molecule has 0 aromatic carbocycles. The molecule has 1 aliphatic rings. The summed E-state index contributed by atoms with van der Waals surface area (Å²) in [7, 11) is -16.4. The molecule has 1 fully saturated rings. The standard InChI is InChI=1S/C33H58N7O18P3S/c1-4-5-6-7-10-21(41)11-8-9-12-24(43)62-16-15-35-23(42)13-14-36-31(46)28(45)33(2,3)18-55-61(52,53)58-60(50,51)54-17-22-27(57-59(47,48)49)26(44)32(56-22)40-20-39-25-29(34)37-19-38-30(25)40/h19-22,26-28,32,41,44-45H,4-18H2,1-3H3,(H,35,42)(H,36,46)(H,50,51)(H,52,53)(H2,34,37,38)(H2,47,48,49). The molecule has 0 radical (unpaired) electrons. The highest BCUT2D eigenvalue weighted by Gasteiger charge is 2.50. The Hall–Kier alpha value is -2.48. The number of aliphatic hydroxyl groups is 3. The number of unbranched alkanes of at least 4 members (excludes halogenated alkanes) is 4. The average Bonchev–Trinajstić information content (AvgIpc) is 3.74. The minimum Gasteiger partial charge on any atom is -0.393 e. The number of nitrogens with one attached hydrogen (secondary N) is 2. The van der Waals surface area contributed by atoms with Crippen LogP contribution in [0.4, 0.5) is 5.82 Å². The number of anilines is 1. The average molecular weight is 966 g/mol. The van der Waals surface area contributed by atoms with Gasteiger partial charge in [-0.05, 0) is 19.3 Å². The molecule has 62 heavy (non-hydrogen) atoms. The monoisotopic (exact) mass is 965 g/mol. The Morgan fingerprint density at radius 1 is 0.952 bits per heavy atom. The second kappa shape index (κ2) is 24.7. The lowest BCUT2D eigenvalue weighted by molar-refractivity contribution is -0.137. The lowest BCUT2D eigenvalue weighted by Gasteiger charge is -2.30. The molecule has 8 atom stereocenters. The van der Waals surface area contributed by atoms with Crippen molar-refractivity contribution in [2.45, 2.75) is 122 Å². The zero-order valence-electron chi connectivity index (χ0n) is 34.5. The van der Waals surface area contributed by atoms with Gasteiger partial charge in [-0.1, -0.05) is 64.6 Å². The third-order valence-corrected chi connectivity index (χ3v) is 13.4. The Kier molecular flexibility index (Phi) is 21.5. The van der Waals surface area contributed by atoms with Crippen molar-refractivity contribution in [1.82, 2.24) is 30.2 Å². The number of carbonyl (C=O) groups is 3. The molecule has 8 unspecified atom stereocenters. The van der Waals surface area contributed by atoms with Crippen molar-refractivity contribution in [2.24, 2.45) is 5.41 Å². The van der Waals surface area contributed by atoms with Gasteiger partial charge in [0, 0.05) is 37.1 Å². The van der Waals surface area contributed by atoms with E-state index in [2.05, 4.69) is 41.3 Å². The molecule has 0 saturated carbocycles. The fourth-order valence-corrected chi connectivity index (χ4v) is 9.52. The summed E-state index contributed by atoms with van der Waals surface area (Å²) < 4.78 is 62.3. The molecular weight excluding hydrogens is 907 g/mol. The molecule has 2 amide bonds. The van der Waals surface area contributed by atoms with Crippen molar-refractivity contribution < 1.29 is 85.6 Å². The topological polar surface area (TPSA) is 384 Å². The van der Waals surface area contributed by atoms with Crippen LogP contribution in [0.15, 0.2) is 12.7 Å². The van der Waals surface area contributed by atoms with E-state index in [0.717, 1.165) is 67.5 Å². The molecule has 3 heterocycles. The molecule has 1 aliphatic heterocycles. The molecule has 11 N–H and O–H groups in total. The highest BCUT2D eigenvalue weighted by Crippen LogP contribution is 2.61. The van der Waals surface area contributed by atoms with Gasteiger partial charge in [-0.3, -0.25) is 32.5 Å². The Balaban J connectivity index is 1.38. The first kappa shape index (κ1) is 53.9. The summed E-state index contributed by atoms with van der Waals surface area (Å²) in [6.45, 7) is 2.60. The number of fused-ring (bicyclic) bond motifs is 1. The zero-order chi connectivity index (χ0) is 46.3. The van der Waals surface area contributed by atoms with Gasteiger partial charge in [0.15, 0.2) is 22.8 Å². The van der Waals surface area contributed by atoms with Crippen LogP contribution in [0, 0.1) is 5.41 Å². The highest BCUT2D eigenvalue weighted by atomic mass is 32.2. The van der Waals surface area contributed by atoms with Crippen LogP contribution in [0.25, 0.3) is 11.2 Å². The van der Waals surface area contributed by atoms with Crippen molar-refractivity contribution in [3.63, 3.8) is 0 Å². The van der Waals surface area contributed by atoms with Crippen molar-refractivity contribution in [3.8, 4) is 0 Å². The van der Waals surface area contributed by atoms with Crippen molar-refractivity contribution in [2.75, 3.05) is 37.8 Å². The van der Waals surface area contributed by atoms with E-state index in [0.29, 0.717) is 25.0 Å². The first-order chi connectivity index (χ1) is 28.9. The van der Waals surface area contributed by atoms with Gasteiger partial charge in [-0.25, -0.2) is 28.6 Å². The number of phosphoric acid groups is 3. The number of nitrogen functional groups attached to an aromatic ring is 1. The van der Waals surface area contributed by atoms with Gasteiger partial charge in [0.1, 0.15) is 36.3 Å². The van der Waals surface area contributed by atoms with Gasteiger partial charge in [0.25, 0.3) is 0 Å². The van der Waals surface area contributed by atoms with Crippen molar-refractivity contribution in [1.29, 1.82) is 0 Å². The summed E-state index contributed by atoms with van der Waals surface area (Å²) in [5.74, 6) is -1.13. The molecular formula is C33H58N7O18P3S. The lowest BCUT2D eigenvalue weighted by atomic mass is 9.87. The number of amides is 2. The number of aliphatic hydroxyl groups excluding tert-OH is 3. The fraction of sp³-hybridized carbons (Fsp3) is 0.758. The van der Waals surface area contributed by atoms with Crippen LogP contribution in [-0.2, 0) is 50.7 Å². The number of phosphoric ester groups is 3. The molecule has 2 aromatic heterocycles. The zero-order valence-corrected chi connectivity index (χ0v) is 38.0. The number of hydrogen-bond acceptors (Lipinski definition) is 19. The number of ether oxygens (including phenoxy) is 1. The van der Waals surface area contributed by atoms with E-state index in [1.807, 2.05) is 0 Å². The van der Waals surface area contributed by atoms with Gasteiger partial charge >= 0.3 is 23.5 Å². The SMILES string of the molecule is CCCCCCC(O)CCCCC(=O)SCCNC(=O)CCNC(=O)C(O)C(C)(C)COP(=O)(O)OP(=O)(O)OCC1OC(n2cnc3c(N)ncnc32)C(O)C1OP(=O)(O)O. The summed E-state index contributed by atoms with van der Waals surface area (Å²) in [4.78, 5) is 88.0. The summed E-state index contributed by atoms with van der Waals surface area (Å²) in [5.41, 5.74) is 4.26. The highest BCUT2D eigenvalue weighted by molar-refractivity contribution is 8.13. The van der Waals surface area contributed by atoms with E-state index >= 15 is 0 Å². The number of thioether (sulfide) groups is 1. The second-order valence-corrected chi connectivity index (χ2v) is 20.4. The van der Waals surface area contributed by atoms with E-state index in [-0.39, 0.29) is 47.7 Å². The molecule has 29 heteroatoms. The van der Waals surface area contributed by atoms with E-state index in [1.165, 1.54) is 13.8 Å². The summed E-state index contributed by atoms with van der Waals surface area (Å²) >= 11 is 1.09. The Morgan fingerprint density at radius 3 is 2.31 bits per heavy atom. The molecule has 0 spiro atoms. The van der Waals surface area contributed by atoms with E-state index in [9.17, 15) is 63.0 Å². The number of nitrogens with zero attached hydrogens (tertiary/aromatic N) is 4. The van der Waals surface area contributed by atoms with Crippen LogP contribution in [-0.4, -0.2) is 134 Å². The van der Waals surface area contributed by atoms with Crippen molar-refractivity contribution >= 4 is 69.1 Å². The normalized spacial score (nSPS) is 21.3. The molecule has 354 valence electrons. The number of hydrogen-bond donors (Lipinski definition) is 10. The van der Waals surface area contributed by atoms with Gasteiger partial charge in [0.05, 0.1) is 25.6 Å².